The zero-order valence-electron chi connectivity index (χ0n) is 18.2. The maximum Gasteiger partial charge on any atom is 0.250 e. The number of methoxy groups -OCH3 is 2. The van der Waals surface area contributed by atoms with E-state index in [4.69, 9.17) is 9.47 Å². The molecule has 2 N–H and O–H groups in total. The van der Waals surface area contributed by atoms with E-state index in [1.165, 1.54) is 24.3 Å². The number of nitrogens with zero attached hydrogens (tertiary/aromatic N) is 3. The molecule has 0 unspecified atom stereocenters. The van der Waals surface area contributed by atoms with Crippen LogP contribution in [0.5, 0.6) is 11.5 Å². The SMILES string of the molecule is COc1ccc(OC)c(/C=C/C(=O)Nc2nc3scc(-c4ccc(NC(C)=O)cc4)n3n2)c1. The minimum absolute atomic E-state index is 0.128. The quantitative estimate of drug-likeness (QED) is 0.400. The zero-order valence-corrected chi connectivity index (χ0v) is 19.0. The Morgan fingerprint density at radius 3 is 2.55 bits per heavy atom. The van der Waals surface area contributed by atoms with Crippen LogP contribution in [0.2, 0.25) is 0 Å². The van der Waals surface area contributed by atoms with Crippen LogP contribution < -0.4 is 20.1 Å². The van der Waals surface area contributed by atoms with Gasteiger partial charge in [0.25, 0.3) is 11.9 Å². The molecule has 0 aliphatic rings. The lowest BCUT2D eigenvalue weighted by Crippen LogP contribution is -2.09. The number of amides is 2. The molecule has 168 valence electrons. The summed E-state index contributed by atoms with van der Waals surface area (Å²) in [5, 5.41) is 11.8. The van der Waals surface area contributed by atoms with E-state index >= 15 is 0 Å². The van der Waals surface area contributed by atoms with Crippen LogP contribution in [0.4, 0.5) is 11.6 Å². The van der Waals surface area contributed by atoms with Gasteiger partial charge in [0.1, 0.15) is 11.5 Å². The van der Waals surface area contributed by atoms with Gasteiger partial charge in [0.15, 0.2) is 0 Å². The number of anilines is 2. The summed E-state index contributed by atoms with van der Waals surface area (Å²) in [6.45, 7) is 1.46. The monoisotopic (exact) mass is 463 g/mol. The number of thiazole rings is 1. The molecular formula is C23H21N5O4S. The Morgan fingerprint density at radius 2 is 1.85 bits per heavy atom. The molecule has 0 aliphatic heterocycles. The first kappa shape index (κ1) is 22.0. The summed E-state index contributed by atoms with van der Waals surface area (Å²) in [6, 6.07) is 12.7. The maximum absolute atomic E-state index is 12.4. The minimum atomic E-state index is -0.376. The van der Waals surface area contributed by atoms with E-state index in [-0.39, 0.29) is 17.8 Å². The van der Waals surface area contributed by atoms with Crippen LogP contribution in [0.3, 0.4) is 0 Å². The number of hydrogen-bond acceptors (Lipinski definition) is 7. The van der Waals surface area contributed by atoms with Crippen molar-refractivity contribution in [3.8, 4) is 22.8 Å². The zero-order chi connectivity index (χ0) is 23.4. The molecule has 0 aliphatic carbocycles. The third-order valence-corrected chi connectivity index (χ3v) is 5.48. The average molecular weight is 464 g/mol. The van der Waals surface area contributed by atoms with E-state index in [1.54, 1.807) is 43.0 Å². The molecule has 0 atom stereocenters. The van der Waals surface area contributed by atoms with E-state index < -0.39 is 0 Å². The summed E-state index contributed by atoms with van der Waals surface area (Å²) in [6.07, 6.45) is 3.02. The summed E-state index contributed by atoms with van der Waals surface area (Å²) in [5.41, 5.74) is 3.15. The molecule has 0 spiro atoms. The minimum Gasteiger partial charge on any atom is -0.497 e. The van der Waals surface area contributed by atoms with Gasteiger partial charge < -0.3 is 14.8 Å². The predicted molar refractivity (Wildman–Crippen MR) is 128 cm³/mol. The Hall–Kier alpha value is -4.18. The van der Waals surface area contributed by atoms with Gasteiger partial charge in [0.2, 0.25) is 10.9 Å². The van der Waals surface area contributed by atoms with Crippen molar-refractivity contribution in [3.63, 3.8) is 0 Å². The molecule has 9 nitrogen and oxygen atoms in total. The highest BCUT2D eigenvalue weighted by molar-refractivity contribution is 7.15. The molecule has 0 saturated carbocycles. The van der Waals surface area contributed by atoms with Gasteiger partial charge in [-0.2, -0.15) is 4.98 Å². The van der Waals surface area contributed by atoms with Crippen molar-refractivity contribution in [1.29, 1.82) is 0 Å². The molecular weight excluding hydrogens is 442 g/mol. The van der Waals surface area contributed by atoms with E-state index in [0.29, 0.717) is 27.7 Å². The molecule has 0 bridgehead atoms. The van der Waals surface area contributed by atoms with Crippen LogP contribution in [0.25, 0.3) is 22.3 Å². The third kappa shape index (κ3) is 5.01. The molecule has 2 aromatic heterocycles. The number of ether oxygens (including phenoxy) is 2. The van der Waals surface area contributed by atoms with Crippen molar-refractivity contribution in [3.05, 3.63) is 59.5 Å². The number of aromatic nitrogens is 3. The van der Waals surface area contributed by atoms with Gasteiger partial charge in [0.05, 0.1) is 19.9 Å². The number of rotatable bonds is 7. The van der Waals surface area contributed by atoms with Crippen molar-refractivity contribution < 1.29 is 19.1 Å². The molecule has 0 saturated heterocycles. The number of benzene rings is 2. The van der Waals surface area contributed by atoms with Gasteiger partial charge in [-0.25, -0.2) is 4.52 Å². The predicted octanol–water partition coefficient (Wildman–Crippen LogP) is 4.09. The molecule has 2 amide bonds. The average Bonchev–Trinajstić information content (AvgIpc) is 3.38. The number of fused-ring (bicyclic) bond motifs is 1. The number of carbonyl (C=O) groups excluding carboxylic acids is 2. The Morgan fingerprint density at radius 1 is 1.06 bits per heavy atom. The number of carbonyl (C=O) groups is 2. The smallest absolute Gasteiger partial charge is 0.250 e. The molecule has 4 rings (SSSR count). The summed E-state index contributed by atoms with van der Waals surface area (Å²) in [4.78, 5) is 28.6. The van der Waals surface area contributed by atoms with Crippen molar-refractivity contribution in [2.75, 3.05) is 24.9 Å². The maximum atomic E-state index is 12.4. The van der Waals surface area contributed by atoms with Crippen LogP contribution in [0, 0.1) is 0 Å². The summed E-state index contributed by atoms with van der Waals surface area (Å²) >= 11 is 1.41. The van der Waals surface area contributed by atoms with Crippen LogP contribution in [-0.4, -0.2) is 40.6 Å². The Labute approximate surface area is 193 Å². The third-order valence-electron chi connectivity index (χ3n) is 4.67. The number of nitrogens with one attached hydrogen (secondary N) is 2. The molecule has 33 heavy (non-hydrogen) atoms. The first-order chi connectivity index (χ1) is 16.0. The van der Waals surface area contributed by atoms with Crippen molar-refractivity contribution in [2.45, 2.75) is 6.92 Å². The first-order valence-corrected chi connectivity index (χ1v) is 10.8. The molecule has 4 aromatic rings. The summed E-state index contributed by atoms with van der Waals surface area (Å²) in [5.74, 6) is 0.972. The van der Waals surface area contributed by atoms with Crippen LogP contribution >= 0.6 is 11.3 Å². The second kappa shape index (κ2) is 9.53. The second-order valence-corrected chi connectivity index (χ2v) is 7.78. The Kier molecular flexibility index (Phi) is 6.36. The second-order valence-electron chi connectivity index (χ2n) is 6.94. The van der Waals surface area contributed by atoms with Crippen LogP contribution in [0.15, 0.2) is 53.9 Å². The van der Waals surface area contributed by atoms with Crippen molar-refractivity contribution in [2.24, 2.45) is 0 Å². The summed E-state index contributed by atoms with van der Waals surface area (Å²) < 4.78 is 12.2. The lowest BCUT2D eigenvalue weighted by atomic mass is 10.1. The molecule has 0 fully saturated rings. The standard InChI is InChI=1S/C23H21N5O4S/c1-14(29)24-17-7-4-15(5-8-17)19-13-33-23-26-22(27-28(19)23)25-21(30)11-6-16-12-18(31-2)9-10-20(16)32-3/h4-13H,1-3H3,(H,24,29)(H,25,27,30)/b11-6+. The van der Waals surface area contributed by atoms with Gasteiger partial charge in [-0.1, -0.05) is 12.1 Å². The van der Waals surface area contributed by atoms with Crippen molar-refractivity contribution in [1.82, 2.24) is 14.6 Å². The highest BCUT2D eigenvalue weighted by Crippen LogP contribution is 2.27. The van der Waals surface area contributed by atoms with E-state index in [2.05, 4.69) is 20.7 Å². The molecule has 0 radical (unpaired) electrons. The largest absolute Gasteiger partial charge is 0.497 e. The van der Waals surface area contributed by atoms with E-state index in [1.807, 2.05) is 29.6 Å². The lowest BCUT2D eigenvalue weighted by Gasteiger charge is -2.07. The molecule has 10 heteroatoms. The Balaban J connectivity index is 1.50. The molecule has 2 heterocycles. The highest BCUT2D eigenvalue weighted by atomic mass is 32.1. The van der Waals surface area contributed by atoms with Crippen LogP contribution in [-0.2, 0) is 9.59 Å². The summed E-state index contributed by atoms with van der Waals surface area (Å²) in [7, 11) is 3.13. The van der Waals surface area contributed by atoms with Gasteiger partial charge in [0, 0.05) is 35.2 Å². The topological polar surface area (TPSA) is 107 Å². The van der Waals surface area contributed by atoms with Gasteiger partial charge >= 0.3 is 0 Å². The van der Waals surface area contributed by atoms with Crippen molar-refractivity contribution >= 4 is 45.8 Å². The Bertz CT molecular complexity index is 1340. The van der Waals surface area contributed by atoms with Crippen LogP contribution in [0.1, 0.15) is 12.5 Å². The fourth-order valence-electron chi connectivity index (χ4n) is 3.15. The number of hydrogen-bond donors (Lipinski definition) is 2. The van der Waals surface area contributed by atoms with Gasteiger partial charge in [-0.05, 0) is 36.4 Å². The normalized spacial score (nSPS) is 11.0. The van der Waals surface area contributed by atoms with Gasteiger partial charge in [-0.3, -0.25) is 14.9 Å². The fourth-order valence-corrected chi connectivity index (χ4v) is 3.98. The molecule has 2 aromatic carbocycles. The first-order valence-electron chi connectivity index (χ1n) is 9.90. The lowest BCUT2D eigenvalue weighted by molar-refractivity contribution is -0.114. The fraction of sp³-hybridized carbons (Fsp3) is 0.130. The van der Waals surface area contributed by atoms with E-state index in [9.17, 15) is 9.59 Å². The van der Waals surface area contributed by atoms with Gasteiger partial charge in [-0.15, -0.1) is 16.4 Å². The highest BCUT2D eigenvalue weighted by Gasteiger charge is 2.13. The van der Waals surface area contributed by atoms with E-state index in [0.717, 1.165) is 11.3 Å².